The number of nitriles is 1. The molecular weight excluding hydrogens is 215 g/mol. The lowest BCUT2D eigenvalue weighted by Gasteiger charge is -2.34. The van der Waals surface area contributed by atoms with Crippen LogP contribution in [0.3, 0.4) is 0 Å². The van der Waals surface area contributed by atoms with Gasteiger partial charge in [-0.3, -0.25) is 4.90 Å². The van der Waals surface area contributed by atoms with Gasteiger partial charge < -0.3 is 0 Å². The molecule has 0 saturated carbocycles. The Morgan fingerprint density at radius 1 is 1.41 bits per heavy atom. The molecule has 1 aromatic rings. The molecule has 0 amide bonds. The Morgan fingerprint density at radius 2 is 2.06 bits per heavy atom. The summed E-state index contributed by atoms with van der Waals surface area (Å²) in [7, 11) is 2.04. The highest BCUT2D eigenvalue weighted by Gasteiger charge is 2.21. The SMILES string of the molecule is CCC(C)(C)N(C)Cc1ccc(F)c(C#N)c1. The van der Waals surface area contributed by atoms with Crippen molar-refractivity contribution in [2.75, 3.05) is 7.05 Å². The number of hydrogen-bond donors (Lipinski definition) is 0. The molecule has 0 radical (unpaired) electrons. The molecule has 1 aromatic carbocycles. The molecule has 0 saturated heterocycles. The van der Waals surface area contributed by atoms with E-state index in [1.54, 1.807) is 12.1 Å². The maximum atomic E-state index is 13.2. The molecule has 0 aliphatic rings. The van der Waals surface area contributed by atoms with Gasteiger partial charge in [0.25, 0.3) is 0 Å². The fourth-order valence-electron chi connectivity index (χ4n) is 1.51. The van der Waals surface area contributed by atoms with E-state index >= 15 is 0 Å². The van der Waals surface area contributed by atoms with E-state index in [1.807, 2.05) is 13.1 Å². The number of benzene rings is 1. The molecule has 0 fully saturated rings. The van der Waals surface area contributed by atoms with E-state index in [4.69, 9.17) is 5.26 Å². The van der Waals surface area contributed by atoms with Crippen molar-refractivity contribution in [3.63, 3.8) is 0 Å². The highest BCUT2D eigenvalue weighted by atomic mass is 19.1. The number of nitrogens with zero attached hydrogens (tertiary/aromatic N) is 2. The second-order valence-corrected chi connectivity index (χ2v) is 4.95. The average molecular weight is 234 g/mol. The van der Waals surface area contributed by atoms with Crippen LogP contribution in [0.5, 0.6) is 0 Å². The van der Waals surface area contributed by atoms with E-state index < -0.39 is 5.82 Å². The maximum Gasteiger partial charge on any atom is 0.140 e. The first-order valence-corrected chi connectivity index (χ1v) is 5.80. The van der Waals surface area contributed by atoms with E-state index in [0.717, 1.165) is 18.5 Å². The lowest BCUT2D eigenvalue weighted by Crippen LogP contribution is -2.39. The summed E-state index contributed by atoms with van der Waals surface area (Å²) < 4.78 is 13.2. The molecule has 1 rings (SSSR count). The lowest BCUT2D eigenvalue weighted by molar-refractivity contribution is 0.143. The van der Waals surface area contributed by atoms with Crippen LogP contribution in [0.1, 0.15) is 38.3 Å². The Kier molecular flexibility index (Phi) is 4.25. The Balaban J connectivity index is 2.87. The summed E-state index contributed by atoms with van der Waals surface area (Å²) in [5, 5.41) is 8.78. The molecule has 0 spiro atoms. The summed E-state index contributed by atoms with van der Waals surface area (Å²) in [5.74, 6) is -0.450. The largest absolute Gasteiger partial charge is 0.297 e. The summed E-state index contributed by atoms with van der Waals surface area (Å²) in [4.78, 5) is 2.21. The van der Waals surface area contributed by atoms with E-state index in [0.29, 0.717) is 0 Å². The summed E-state index contributed by atoms with van der Waals surface area (Å²) in [5.41, 5.74) is 1.18. The quantitative estimate of drug-likeness (QED) is 0.799. The first-order chi connectivity index (χ1) is 7.90. The fourth-order valence-corrected chi connectivity index (χ4v) is 1.51. The second kappa shape index (κ2) is 5.29. The van der Waals surface area contributed by atoms with Crippen LogP contribution in [-0.4, -0.2) is 17.5 Å². The molecule has 2 nitrogen and oxygen atoms in total. The fraction of sp³-hybridized carbons (Fsp3) is 0.500. The van der Waals surface area contributed by atoms with Crippen molar-refractivity contribution < 1.29 is 4.39 Å². The first-order valence-electron chi connectivity index (χ1n) is 5.80. The zero-order chi connectivity index (χ0) is 13.1. The minimum absolute atomic E-state index is 0.0984. The topological polar surface area (TPSA) is 27.0 Å². The molecule has 0 unspecified atom stereocenters. The van der Waals surface area contributed by atoms with Crippen LogP contribution in [0.2, 0.25) is 0 Å². The molecule has 0 aromatic heterocycles. The molecule has 0 atom stereocenters. The predicted molar refractivity (Wildman–Crippen MR) is 67.0 cm³/mol. The third-order valence-electron chi connectivity index (χ3n) is 3.47. The third-order valence-corrected chi connectivity index (χ3v) is 3.47. The van der Waals surface area contributed by atoms with E-state index in [9.17, 15) is 4.39 Å². The van der Waals surface area contributed by atoms with Gasteiger partial charge in [-0.15, -0.1) is 0 Å². The van der Waals surface area contributed by atoms with Gasteiger partial charge in [0.15, 0.2) is 0 Å². The zero-order valence-electron chi connectivity index (χ0n) is 10.9. The predicted octanol–water partition coefficient (Wildman–Crippen LogP) is 3.32. The van der Waals surface area contributed by atoms with Crippen molar-refractivity contribution in [1.29, 1.82) is 5.26 Å². The number of rotatable bonds is 4. The summed E-state index contributed by atoms with van der Waals surface area (Å²) in [6.45, 7) is 7.20. The molecule has 92 valence electrons. The summed E-state index contributed by atoms with van der Waals surface area (Å²) in [6.07, 6.45) is 1.04. The Hall–Kier alpha value is -1.40. The van der Waals surface area contributed by atoms with Crippen LogP contribution >= 0.6 is 0 Å². The van der Waals surface area contributed by atoms with Gasteiger partial charge in [0.1, 0.15) is 11.9 Å². The van der Waals surface area contributed by atoms with E-state index in [-0.39, 0.29) is 11.1 Å². The van der Waals surface area contributed by atoms with Crippen molar-refractivity contribution in [1.82, 2.24) is 4.90 Å². The third kappa shape index (κ3) is 3.28. The molecule has 3 heteroatoms. The summed E-state index contributed by atoms with van der Waals surface area (Å²) >= 11 is 0. The molecule has 0 heterocycles. The number of halogens is 1. The van der Waals surface area contributed by atoms with Gasteiger partial charge in [0.05, 0.1) is 5.56 Å². The Bertz CT molecular complexity index is 432. The van der Waals surface area contributed by atoms with Crippen molar-refractivity contribution in [2.45, 2.75) is 39.3 Å². The van der Waals surface area contributed by atoms with Crippen LogP contribution in [0.15, 0.2) is 18.2 Å². The van der Waals surface area contributed by atoms with Crippen molar-refractivity contribution >= 4 is 0 Å². The van der Waals surface area contributed by atoms with Gasteiger partial charge in [0.2, 0.25) is 0 Å². The van der Waals surface area contributed by atoms with Crippen LogP contribution < -0.4 is 0 Å². The van der Waals surface area contributed by atoms with Crippen molar-refractivity contribution in [2.24, 2.45) is 0 Å². The van der Waals surface area contributed by atoms with Gasteiger partial charge in [-0.05, 0) is 45.0 Å². The van der Waals surface area contributed by atoms with Gasteiger partial charge >= 0.3 is 0 Å². The smallest absolute Gasteiger partial charge is 0.140 e. The second-order valence-electron chi connectivity index (χ2n) is 4.95. The molecule has 0 N–H and O–H groups in total. The maximum absolute atomic E-state index is 13.2. The van der Waals surface area contributed by atoms with Gasteiger partial charge in [-0.1, -0.05) is 13.0 Å². The van der Waals surface area contributed by atoms with Gasteiger partial charge in [-0.2, -0.15) is 5.26 Å². The van der Waals surface area contributed by atoms with E-state index in [2.05, 4.69) is 25.7 Å². The van der Waals surface area contributed by atoms with Crippen molar-refractivity contribution in [3.05, 3.63) is 35.1 Å². The van der Waals surface area contributed by atoms with E-state index in [1.165, 1.54) is 6.07 Å². The minimum Gasteiger partial charge on any atom is -0.297 e. The van der Waals surface area contributed by atoms with Gasteiger partial charge in [0, 0.05) is 12.1 Å². The Morgan fingerprint density at radius 3 is 2.59 bits per heavy atom. The highest BCUT2D eigenvalue weighted by molar-refractivity contribution is 5.34. The monoisotopic (exact) mass is 234 g/mol. The highest BCUT2D eigenvalue weighted by Crippen LogP contribution is 2.20. The van der Waals surface area contributed by atoms with Crippen molar-refractivity contribution in [3.8, 4) is 6.07 Å². The Labute approximate surface area is 103 Å². The first kappa shape index (κ1) is 13.7. The molecule has 17 heavy (non-hydrogen) atoms. The van der Waals surface area contributed by atoms with Crippen LogP contribution in [0.25, 0.3) is 0 Å². The molecule has 0 bridgehead atoms. The van der Waals surface area contributed by atoms with Crippen LogP contribution in [-0.2, 0) is 6.54 Å². The minimum atomic E-state index is -0.450. The van der Waals surface area contributed by atoms with Gasteiger partial charge in [-0.25, -0.2) is 4.39 Å². The standard InChI is InChI=1S/C14H19FN2/c1-5-14(2,3)17(4)10-11-6-7-13(15)12(8-11)9-16/h6-8H,5,10H2,1-4H3. The summed E-state index contributed by atoms with van der Waals surface area (Å²) in [6, 6.07) is 6.59. The average Bonchev–Trinajstić information content (AvgIpc) is 2.31. The normalized spacial score (nSPS) is 11.6. The van der Waals surface area contributed by atoms with Crippen LogP contribution in [0.4, 0.5) is 4.39 Å². The number of hydrogen-bond acceptors (Lipinski definition) is 2. The molecule has 0 aliphatic heterocycles. The lowest BCUT2D eigenvalue weighted by atomic mass is 9.99. The zero-order valence-corrected chi connectivity index (χ0v) is 10.9. The molecular formula is C14H19FN2. The molecule has 0 aliphatic carbocycles. The van der Waals surface area contributed by atoms with Crippen LogP contribution in [0, 0.1) is 17.1 Å².